The molecule has 5 rings (SSSR count). The number of unbranched alkanes of at least 4 members (excludes halogenated alkanes) is 1. The molecular weight excluding hydrogens is 500 g/mol. The van der Waals surface area contributed by atoms with Crippen LogP contribution in [0.5, 0.6) is 5.75 Å². The van der Waals surface area contributed by atoms with Gasteiger partial charge in [0.1, 0.15) is 0 Å². The molecule has 0 aliphatic carbocycles. The number of benzene rings is 5. The van der Waals surface area contributed by atoms with Crippen LogP contribution in [0, 0.1) is 11.6 Å². The Labute approximate surface area is 225 Å². The Kier molecular flexibility index (Phi) is 7.97. The molecule has 0 saturated carbocycles. The van der Waals surface area contributed by atoms with Gasteiger partial charge in [0.2, 0.25) is 0 Å². The summed E-state index contributed by atoms with van der Waals surface area (Å²) in [6, 6.07) is 30.6. The minimum Gasteiger partial charge on any atom is -0.429 e. The molecule has 1 nitrogen and oxygen atoms in total. The van der Waals surface area contributed by atoms with Gasteiger partial charge in [0.15, 0.2) is 17.4 Å². The Morgan fingerprint density at radius 3 is 2.05 bits per heavy atom. The van der Waals surface area contributed by atoms with Crippen LogP contribution in [0.25, 0.3) is 33.0 Å². The summed E-state index contributed by atoms with van der Waals surface area (Å²) >= 11 is 0. The number of fused-ring (bicyclic) bond motifs is 1. The van der Waals surface area contributed by atoms with Gasteiger partial charge in [-0.15, -0.1) is 0 Å². The molecule has 0 radical (unpaired) electrons. The highest BCUT2D eigenvalue weighted by Crippen LogP contribution is 2.35. The van der Waals surface area contributed by atoms with Gasteiger partial charge in [0, 0.05) is 0 Å². The normalized spacial score (nSPS) is 11.3. The van der Waals surface area contributed by atoms with E-state index < -0.39 is 24.0 Å². The Morgan fingerprint density at radius 1 is 0.667 bits per heavy atom. The molecule has 0 aliphatic rings. The number of rotatable bonds is 9. The first-order chi connectivity index (χ1) is 18.9. The third kappa shape index (κ3) is 6.14. The molecule has 0 unspecified atom stereocenters. The topological polar surface area (TPSA) is 9.23 Å². The van der Waals surface area contributed by atoms with Crippen molar-refractivity contribution in [1.82, 2.24) is 0 Å². The zero-order valence-corrected chi connectivity index (χ0v) is 21.6. The Bertz CT molecular complexity index is 1570. The summed E-state index contributed by atoms with van der Waals surface area (Å²) in [5.74, 6) is -3.43. The Hall–Kier alpha value is -4.12. The molecule has 0 heterocycles. The number of aryl methyl sites for hydroxylation is 1. The van der Waals surface area contributed by atoms with Crippen LogP contribution >= 0.6 is 0 Å². The van der Waals surface area contributed by atoms with E-state index in [9.17, 15) is 17.6 Å². The van der Waals surface area contributed by atoms with Crippen LogP contribution in [0.4, 0.5) is 17.6 Å². The van der Waals surface area contributed by atoms with Crippen molar-refractivity contribution in [3.63, 3.8) is 0 Å². The molecule has 0 spiro atoms. The molecule has 5 heteroatoms. The molecule has 0 aromatic heterocycles. The summed E-state index contributed by atoms with van der Waals surface area (Å²) in [6.45, 7) is -1.13. The second-order valence-corrected chi connectivity index (χ2v) is 9.68. The van der Waals surface area contributed by atoms with Gasteiger partial charge < -0.3 is 4.74 Å². The third-order valence-electron chi connectivity index (χ3n) is 6.92. The van der Waals surface area contributed by atoms with Crippen molar-refractivity contribution in [3.05, 3.63) is 125 Å². The standard InChI is InChI=1S/C34H28F4O/c1-2-3-7-23-10-11-25-18-26(13-12-24(25)16-23)27-14-15-30(28(19-27)17-22-8-5-4-6-9-22)29-20-31(35)33(32(36)21-29)39-34(37)38/h4-6,8-16,18-21,34H,2-3,7,17H2,1H3. The second-order valence-electron chi connectivity index (χ2n) is 9.68. The fourth-order valence-electron chi connectivity index (χ4n) is 4.95. The van der Waals surface area contributed by atoms with Gasteiger partial charge >= 0.3 is 6.61 Å². The van der Waals surface area contributed by atoms with E-state index in [1.807, 2.05) is 48.5 Å². The number of ether oxygens (including phenoxy) is 1. The highest BCUT2D eigenvalue weighted by molar-refractivity contribution is 5.88. The highest BCUT2D eigenvalue weighted by atomic mass is 19.3. The number of halogens is 4. The molecular formula is C34H28F4O. The van der Waals surface area contributed by atoms with Crippen LogP contribution in [-0.4, -0.2) is 6.61 Å². The van der Waals surface area contributed by atoms with Crippen LogP contribution in [-0.2, 0) is 12.8 Å². The maximum Gasteiger partial charge on any atom is 0.387 e. The summed E-state index contributed by atoms with van der Waals surface area (Å²) < 4.78 is 58.5. The highest BCUT2D eigenvalue weighted by Gasteiger charge is 2.19. The van der Waals surface area contributed by atoms with E-state index in [1.165, 1.54) is 10.9 Å². The van der Waals surface area contributed by atoms with E-state index in [0.29, 0.717) is 12.0 Å². The lowest BCUT2D eigenvalue weighted by Gasteiger charge is -2.15. The largest absolute Gasteiger partial charge is 0.429 e. The van der Waals surface area contributed by atoms with E-state index in [2.05, 4.69) is 48.1 Å². The predicted molar refractivity (Wildman–Crippen MR) is 149 cm³/mol. The first kappa shape index (κ1) is 26.5. The molecule has 0 bridgehead atoms. The lowest BCUT2D eigenvalue weighted by atomic mass is 9.90. The smallest absolute Gasteiger partial charge is 0.387 e. The zero-order chi connectivity index (χ0) is 27.4. The minimum absolute atomic E-state index is 0.252. The summed E-state index contributed by atoms with van der Waals surface area (Å²) in [5.41, 5.74) is 6.09. The Balaban J connectivity index is 1.56. The van der Waals surface area contributed by atoms with Crippen molar-refractivity contribution < 1.29 is 22.3 Å². The molecule has 0 amide bonds. The molecule has 0 saturated heterocycles. The van der Waals surface area contributed by atoms with Crippen LogP contribution in [0.2, 0.25) is 0 Å². The molecule has 5 aromatic rings. The van der Waals surface area contributed by atoms with Gasteiger partial charge in [-0.05, 0) is 87.2 Å². The van der Waals surface area contributed by atoms with E-state index in [-0.39, 0.29) is 5.56 Å². The SMILES string of the molecule is CCCCc1ccc2cc(-c3ccc(-c4cc(F)c(OC(F)F)c(F)c4)c(Cc4ccccc4)c3)ccc2c1. The average molecular weight is 529 g/mol. The fraction of sp³-hybridized carbons (Fsp3) is 0.176. The fourth-order valence-corrected chi connectivity index (χ4v) is 4.95. The molecule has 39 heavy (non-hydrogen) atoms. The number of hydrogen-bond donors (Lipinski definition) is 0. The van der Waals surface area contributed by atoms with E-state index >= 15 is 0 Å². The van der Waals surface area contributed by atoms with Crippen molar-refractivity contribution in [2.45, 2.75) is 39.2 Å². The van der Waals surface area contributed by atoms with Crippen LogP contribution in [0.15, 0.2) is 97.1 Å². The molecule has 0 fully saturated rings. The van der Waals surface area contributed by atoms with Gasteiger partial charge in [-0.2, -0.15) is 8.78 Å². The van der Waals surface area contributed by atoms with Crippen molar-refractivity contribution in [3.8, 4) is 28.0 Å². The van der Waals surface area contributed by atoms with E-state index in [4.69, 9.17) is 0 Å². The maximum absolute atomic E-state index is 14.6. The van der Waals surface area contributed by atoms with Crippen molar-refractivity contribution in [2.75, 3.05) is 0 Å². The van der Waals surface area contributed by atoms with E-state index in [0.717, 1.165) is 59.0 Å². The first-order valence-electron chi connectivity index (χ1n) is 13.1. The van der Waals surface area contributed by atoms with Gasteiger partial charge in [0.05, 0.1) is 0 Å². The number of alkyl halides is 2. The summed E-state index contributed by atoms with van der Waals surface area (Å²) in [7, 11) is 0. The first-order valence-corrected chi connectivity index (χ1v) is 13.1. The second kappa shape index (κ2) is 11.7. The third-order valence-corrected chi connectivity index (χ3v) is 6.92. The summed E-state index contributed by atoms with van der Waals surface area (Å²) in [6.07, 6.45) is 3.91. The lowest BCUT2D eigenvalue weighted by molar-refractivity contribution is -0.0546. The minimum atomic E-state index is -3.32. The number of hydrogen-bond acceptors (Lipinski definition) is 1. The van der Waals surface area contributed by atoms with Crippen LogP contribution in [0.3, 0.4) is 0 Å². The van der Waals surface area contributed by atoms with Gasteiger partial charge in [0.25, 0.3) is 0 Å². The molecule has 198 valence electrons. The van der Waals surface area contributed by atoms with Crippen molar-refractivity contribution in [2.24, 2.45) is 0 Å². The van der Waals surface area contributed by atoms with Crippen LogP contribution < -0.4 is 4.74 Å². The Morgan fingerprint density at radius 2 is 1.33 bits per heavy atom. The van der Waals surface area contributed by atoms with Gasteiger partial charge in [-0.25, -0.2) is 8.78 Å². The monoisotopic (exact) mass is 528 g/mol. The summed E-state index contributed by atoms with van der Waals surface area (Å²) in [4.78, 5) is 0. The maximum atomic E-state index is 14.6. The lowest BCUT2D eigenvalue weighted by Crippen LogP contribution is -2.06. The van der Waals surface area contributed by atoms with Gasteiger partial charge in [-0.3, -0.25) is 0 Å². The van der Waals surface area contributed by atoms with Crippen molar-refractivity contribution in [1.29, 1.82) is 0 Å². The quantitative estimate of drug-likeness (QED) is 0.173. The summed E-state index contributed by atoms with van der Waals surface area (Å²) in [5, 5.41) is 2.32. The molecule has 0 atom stereocenters. The van der Waals surface area contributed by atoms with E-state index in [1.54, 1.807) is 0 Å². The molecule has 5 aromatic carbocycles. The molecule has 0 aliphatic heterocycles. The molecule has 0 N–H and O–H groups in total. The average Bonchev–Trinajstić information content (AvgIpc) is 2.94. The van der Waals surface area contributed by atoms with Gasteiger partial charge in [-0.1, -0.05) is 92.2 Å². The predicted octanol–water partition coefficient (Wildman–Crippen LogP) is 9.99. The van der Waals surface area contributed by atoms with Crippen LogP contribution in [0.1, 0.15) is 36.5 Å². The van der Waals surface area contributed by atoms with Crippen molar-refractivity contribution >= 4 is 10.8 Å². The zero-order valence-electron chi connectivity index (χ0n) is 21.6.